The molecule has 8 nitrogen and oxygen atoms in total. The van der Waals surface area contributed by atoms with Gasteiger partial charge in [-0.2, -0.15) is 5.26 Å². The van der Waals surface area contributed by atoms with Crippen LogP contribution in [0.5, 0.6) is 0 Å². The van der Waals surface area contributed by atoms with E-state index in [-0.39, 0.29) is 41.7 Å². The molecule has 1 saturated carbocycles. The zero-order chi connectivity index (χ0) is 26.2. The highest BCUT2D eigenvalue weighted by Gasteiger charge is 2.52. The summed E-state index contributed by atoms with van der Waals surface area (Å²) < 4.78 is 25.7. The van der Waals surface area contributed by atoms with Gasteiger partial charge in [-0.3, -0.25) is 14.5 Å². The van der Waals surface area contributed by atoms with Gasteiger partial charge in [0.2, 0.25) is 0 Å². The average molecular weight is 496 g/mol. The number of piperidine rings is 1. The van der Waals surface area contributed by atoms with Crippen molar-refractivity contribution in [1.82, 2.24) is 4.90 Å². The van der Waals surface area contributed by atoms with E-state index in [0.29, 0.717) is 11.3 Å². The molecule has 1 saturated heterocycles. The lowest BCUT2D eigenvalue weighted by Crippen LogP contribution is -2.51. The van der Waals surface area contributed by atoms with Crippen LogP contribution in [0.2, 0.25) is 0 Å². The van der Waals surface area contributed by atoms with Crippen LogP contribution in [0.1, 0.15) is 62.4 Å². The van der Waals surface area contributed by atoms with Crippen LogP contribution in [0.3, 0.4) is 0 Å². The van der Waals surface area contributed by atoms with Crippen LogP contribution in [0, 0.1) is 29.0 Å². The van der Waals surface area contributed by atoms with Gasteiger partial charge in [0.1, 0.15) is 23.4 Å². The number of furan rings is 1. The van der Waals surface area contributed by atoms with Crippen molar-refractivity contribution in [3.63, 3.8) is 0 Å². The summed E-state index contributed by atoms with van der Waals surface area (Å²) in [5.41, 5.74) is 5.44. The summed E-state index contributed by atoms with van der Waals surface area (Å²) >= 11 is 0. The van der Waals surface area contributed by atoms with Crippen molar-refractivity contribution >= 4 is 17.8 Å². The molecule has 2 fully saturated rings. The summed E-state index contributed by atoms with van der Waals surface area (Å²) in [7, 11) is 0. The SMILES string of the molecule is CC(C)(C)OC(=O)N1[C@@H]2CC[C@@H](C2)[C@H]1C(=O)C[C@H](C#N)Cc1ccc(-c2cc(C(N)=O)co2)cc1F. The minimum absolute atomic E-state index is 0.0268. The van der Waals surface area contributed by atoms with E-state index < -0.39 is 35.4 Å². The standard InChI is InChI=1S/C27H30FN3O5/c1-27(2,3)36-26(34)31-20-7-6-18(10-20)24(31)22(32)9-15(13-29)8-16-4-5-17(11-21(16)28)23-12-19(14-35-23)25(30)33/h4-5,11-12,14-15,18,20,24H,6-10H2,1-3H3,(H2,30,33)/t15-,18+,20-,24+/m1/s1. The number of likely N-dealkylation sites (tertiary alicyclic amines) is 1. The topological polar surface area (TPSA) is 127 Å². The van der Waals surface area contributed by atoms with Crippen LogP contribution in [0.25, 0.3) is 11.3 Å². The molecule has 0 radical (unpaired) electrons. The maximum atomic E-state index is 14.9. The maximum absolute atomic E-state index is 14.9. The molecule has 2 aliphatic rings. The van der Waals surface area contributed by atoms with Gasteiger partial charge in [-0.15, -0.1) is 0 Å². The lowest BCUT2D eigenvalue weighted by molar-refractivity contribution is -0.126. The van der Waals surface area contributed by atoms with Crippen molar-refractivity contribution in [3.8, 4) is 17.4 Å². The number of ketones is 1. The minimum Gasteiger partial charge on any atom is -0.464 e. The van der Waals surface area contributed by atoms with Crippen LogP contribution >= 0.6 is 0 Å². The van der Waals surface area contributed by atoms with Crippen molar-refractivity contribution < 1.29 is 27.9 Å². The number of hydrogen-bond donors (Lipinski definition) is 1. The molecule has 190 valence electrons. The highest BCUT2D eigenvalue weighted by atomic mass is 19.1. The van der Waals surface area contributed by atoms with Crippen molar-refractivity contribution in [3.05, 3.63) is 47.5 Å². The fourth-order valence-corrected chi connectivity index (χ4v) is 5.26. The molecule has 9 heteroatoms. The molecule has 2 heterocycles. The Morgan fingerprint density at radius 3 is 2.64 bits per heavy atom. The molecule has 4 rings (SSSR count). The fourth-order valence-electron chi connectivity index (χ4n) is 5.26. The van der Waals surface area contributed by atoms with Gasteiger partial charge >= 0.3 is 6.09 Å². The Kier molecular flexibility index (Phi) is 6.90. The summed E-state index contributed by atoms with van der Waals surface area (Å²) in [6.07, 6.45) is 3.13. The summed E-state index contributed by atoms with van der Waals surface area (Å²) in [4.78, 5) is 39.0. The second-order valence-corrected chi connectivity index (χ2v) is 10.6. The van der Waals surface area contributed by atoms with E-state index in [1.807, 2.05) is 0 Å². The Balaban J connectivity index is 1.45. The number of fused-ring (bicyclic) bond motifs is 2. The van der Waals surface area contributed by atoms with Gasteiger partial charge in [-0.05, 0) is 70.1 Å². The second-order valence-electron chi connectivity index (χ2n) is 10.6. The molecule has 1 aliphatic carbocycles. The smallest absolute Gasteiger partial charge is 0.411 e. The predicted octanol–water partition coefficient (Wildman–Crippen LogP) is 4.61. The first kappa shape index (κ1) is 25.4. The van der Waals surface area contributed by atoms with Gasteiger partial charge < -0.3 is 14.9 Å². The zero-order valence-electron chi connectivity index (χ0n) is 20.6. The monoisotopic (exact) mass is 495 g/mol. The van der Waals surface area contributed by atoms with E-state index in [1.165, 1.54) is 24.5 Å². The van der Waals surface area contributed by atoms with Gasteiger partial charge in [0.15, 0.2) is 5.78 Å². The van der Waals surface area contributed by atoms with Crippen LogP contribution in [0.15, 0.2) is 34.9 Å². The number of nitriles is 1. The fraction of sp³-hybridized carbons (Fsp3) is 0.481. The Morgan fingerprint density at radius 1 is 1.28 bits per heavy atom. The van der Waals surface area contributed by atoms with Crippen molar-refractivity contribution in [2.24, 2.45) is 17.6 Å². The first-order chi connectivity index (χ1) is 17.0. The van der Waals surface area contributed by atoms with Gasteiger partial charge in [0, 0.05) is 18.0 Å². The van der Waals surface area contributed by atoms with Crippen molar-refractivity contribution in [2.75, 3.05) is 0 Å². The third-order valence-corrected chi connectivity index (χ3v) is 6.84. The summed E-state index contributed by atoms with van der Waals surface area (Å²) in [6.45, 7) is 5.35. The van der Waals surface area contributed by atoms with Crippen LogP contribution in [-0.4, -0.2) is 40.4 Å². The molecule has 2 aromatic rings. The van der Waals surface area contributed by atoms with Gasteiger partial charge in [0.05, 0.1) is 23.6 Å². The van der Waals surface area contributed by atoms with Gasteiger partial charge in [-0.1, -0.05) is 12.1 Å². The molecular weight excluding hydrogens is 465 g/mol. The van der Waals surface area contributed by atoms with Crippen LogP contribution in [0.4, 0.5) is 9.18 Å². The second kappa shape index (κ2) is 9.76. The summed E-state index contributed by atoms with van der Waals surface area (Å²) in [5.74, 6) is -1.78. The first-order valence-electron chi connectivity index (χ1n) is 12.1. The molecule has 2 amide bonds. The van der Waals surface area contributed by atoms with Crippen molar-refractivity contribution in [1.29, 1.82) is 5.26 Å². The number of ether oxygens (including phenoxy) is 1. The van der Waals surface area contributed by atoms with E-state index in [9.17, 15) is 24.0 Å². The number of hydrogen-bond acceptors (Lipinski definition) is 6. The van der Waals surface area contributed by atoms with E-state index in [2.05, 4.69) is 6.07 Å². The van der Waals surface area contributed by atoms with Crippen LogP contribution < -0.4 is 5.73 Å². The molecule has 2 bridgehead atoms. The number of benzene rings is 1. The van der Waals surface area contributed by atoms with Gasteiger partial charge in [0.25, 0.3) is 5.91 Å². The number of carbonyl (C=O) groups is 3. The summed E-state index contributed by atoms with van der Waals surface area (Å²) in [6, 6.07) is 7.34. The third-order valence-electron chi connectivity index (χ3n) is 6.84. The van der Waals surface area contributed by atoms with E-state index >= 15 is 0 Å². The number of nitrogens with two attached hydrogens (primary N) is 1. The predicted molar refractivity (Wildman–Crippen MR) is 128 cm³/mol. The van der Waals surface area contributed by atoms with E-state index in [4.69, 9.17) is 14.9 Å². The molecule has 36 heavy (non-hydrogen) atoms. The first-order valence-corrected chi connectivity index (χ1v) is 12.1. The average Bonchev–Trinajstić information content (AvgIpc) is 3.54. The summed E-state index contributed by atoms with van der Waals surface area (Å²) in [5, 5.41) is 9.73. The largest absolute Gasteiger partial charge is 0.464 e. The number of primary amides is 1. The molecular formula is C27H30FN3O5. The molecule has 0 spiro atoms. The Bertz CT molecular complexity index is 1220. The molecule has 2 N–H and O–H groups in total. The number of carbonyl (C=O) groups excluding carboxylic acids is 3. The molecule has 1 aromatic heterocycles. The quantitative estimate of drug-likeness (QED) is 0.597. The number of halogens is 1. The number of amides is 2. The van der Waals surface area contributed by atoms with Crippen molar-refractivity contribution in [2.45, 2.75) is 70.6 Å². The molecule has 4 atom stereocenters. The Morgan fingerprint density at radius 2 is 2.03 bits per heavy atom. The minimum atomic E-state index is -0.748. The van der Waals surface area contributed by atoms with Gasteiger partial charge in [-0.25, -0.2) is 9.18 Å². The van der Waals surface area contributed by atoms with E-state index in [1.54, 1.807) is 31.7 Å². The number of rotatable bonds is 7. The number of Topliss-reactive ketones (excluding diaryl/α,β-unsaturated/α-hetero) is 1. The van der Waals surface area contributed by atoms with Crippen LogP contribution in [-0.2, 0) is 16.0 Å². The lowest BCUT2D eigenvalue weighted by Gasteiger charge is -2.35. The highest BCUT2D eigenvalue weighted by molar-refractivity contribution is 5.93. The highest BCUT2D eigenvalue weighted by Crippen LogP contribution is 2.44. The molecule has 0 unspecified atom stereocenters. The molecule has 1 aliphatic heterocycles. The zero-order valence-corrected chi connectivity index (χ0v) is 20.6. The Hall–Kier alpha value is -3.67. The molecule has 1 aromatic carbocycles. The number of nitrogens with zero attached hydrogens (tertiary/aromatic N) is 2. The van der Waals surface area contributed by atoms with E-state index in [0.717, 1.165) is 19.3 Å². The lowest BCUT2D eigenvalue weighted by atomic mass is 9.87. The normalized spacial score (nSPS) is 21.8. The Labute approximate surface area is 209 Å². The third kappa shape index (κ3) is 5.27. The maximum Gasteiger partial charge on any atom is 0.411 e.